The number of fused-ring (bicyclic) bond motifs is 2. The van der Waals surface area contributed by atoms with Crippen LogP contribution in [-0.2, 0) is 0 Å². The third-order valence-corrected chi connectivity index (χ3v) is 5.87. The number of anilines is 1. The molecule has 4 atom stereocenters. The van der Waals surface area contributed by atoms with Gasteiger partial charge in [0.25, 0.3) is 0 Å². The standard InChI is InChI=1S/C20H17N5/c21-10-17-19(24)25(15-4-2-1-3-5-15)18(20(17,11-22)12-23)16-9-13-6-7-14(16)8-13/h1-7,13-14,16,18H,8-9,24H2/t13-,14+,16+,18+/m1/s1. The van der Waals surface area contributed by atoms with Gasteiger partial charge in [0.05, 0.1) is 18.2 Å². The van der Waals surface area contributed by atoms with Crippen molar-refractivity contribution in [2.24, 2.45) is 28.9 Å². The molecule has 1 fully saturated rings. The predicted octanol–water partition coefficient (Wildman–Crippen LogP) is 2.81. The van der Waals surface area contributed by atoms with E-state index in [-0.39, 0.29) is 17.3 Å². The summed E-state index contributed by atoms with van der Waals surface area (Å²) < 4.78 is 0. The number of allylic oxidation sites excluding steroid dienone is 2. The fourth-order valence-corrected chi connectivity index (χ4v) is 4.82. The number of para-hydroxylation sites is 1. The van der Waals surface area contributed by atoms with E-state index in [2.05, 4.69) is 30.4 Å². The lowest BCUT2D eigenvalue weighted by Crippen LogP contribution is -2.48. The molecule has 3 aliphatic rings. The number of nitrogens with zero attached hydrogens (tertiary/aromatic N) is 4. The molecule has 0 aromatic heterocycles. The van der Waals surface area contributed by atoms with Gasteiger partial charge in [-0.05, 0) is 42.7 Å². The summed E-state index contributed by atoms with van der Waals surface area (Å²) in [6, 6.07) is 15.4. The molecule has 0 radical (unpaired) electrons. The minimum absolute atomic E-state index is 0.0816. The highest BCUT2D eigenvalue weighted by molar-refractivity contribution is 5.65. The van der Waals surface area contributed by atoms with Gasteiger partial charge in [0, 0.05) is 5.69 Å². The van der Waals surface area contributed by atoms with Crippen LogP contribution in [0.1, 0.15) is 12.8 Å². The molecule has 0 saturated heterocycles. The van der Waals surface area contributed by atoms with Crippen molar-refractivity contribution in [2.75, 3.05) is 4.90 Å². The maximum absolute atomic E-state index is 9.94. The normalized spacial score (nSPS) is 31.6. The molecule has 5 nitrogen and oxygen atoms in total. The summed E-state index contributed by atoms with van der Waals surface area (Å²) in [6.07, 6.45) is 6.40. The highest BCUT2D eigenvalue weighted by atomic mass is 15.3. The SMILES string of the molecule is N#CC1=C(N)N(c2ccccc2)[C@@H]([C@H]2C[C@@H]3C=C[C@H]2C3)C1(C#N)C#N. The number of nitriles is 3. The lowest BCUT2D eigenvalue weighted by atomic mass is 9.70. The second kappa shape index (κ2) is 5.40. The van der Waals surface area contributed by atoms with Crippen LogP contribution in [0, 0.1) is 57.2 Å². The van der Waals surface area contributed by atoms with Crippen molar-refractivity contribution in [3.8, 4) is 18.2 Å². The molecule has 0 unspecified atom stereocenters. The fourth-order valence-electron chi connectivity index (χ4n) is 4.82. The average Bonchev–Trinajstić information content (AvgIpc) is 3.33. The number of rotatable bonds is 2. The number of nitrogens with two attached hydrogens (primary N) is 1. The van der Waals surface area contributed by atoms with Gasteiger partial charge < -0.3 is 10.6 Å². The molecule has 1 aromatic rings. The topological polar surface area (TPSA) is 101 Å². The van der Waals surface area contributed by atoms with Crippen LogP contribution in [0.3, 0.4) is 0 Å². The highest BCUT2D eigenvalue weighted by Crippen LogP contribution is 2.55. The van der Waals surface area contributed by atoms with Crippen molar-refractivity contribution >= 4 is 5.69 Å². The second-order valence-electron chi connectivity index (χ2n) is 7.00. The van der Waals surface area contributed by atoms with Gasteiger partial charge in [-0.15, -0.1) is 0 Å². The Morgan fingerprint density at radius 2 is 1.76 bits per heavy atom. The highest BCUT2D eigenvalue weighted by Gasteiger charge is 2.60. The van der Waals surface area contributed by atoms with Gasteiger partial charge >= 0.3 is 0 Å². The smallest absolute Gasteiger partial charge is 0.202 e. The van der Waals surface area contributed by atoms with Crippen LogP contribution in [0.5, 0.6) is 0 Å². The van der Waals surface area contributed by atoms with Crippen molar-refractivity contribution in [3.63, 3.8) is 0 Å². The van der Waals surface area contributed by atoms with Gasteiger partial charge in [-0.3, -0.25) is 0 Å². The summed E-state index contributed by atoms with van der Waals surface area (Å²) in [6.45, 7) is 0. The minimum atomic E-state index is -1.53. The zero-order valence-corrected chi connectivity index (χ0v) is 13.6. The van der Waals surface area contributed by atoms with E-state index in [1.807, 2.05) is 35.2 Å². The molecular formula is C20H17N5. The minimum Gasteiger partial charge on any atom is -0.384 e. The molecular weight excluding hydrogens is 310 g/mol. The van der Waals surface area contributed by atoms with E-state index in [4.69, 9.17) is 5.73 Å². The zero-order chi connectivity index (χ0) is 17.6. The molecule has 1 aromatic carbocycles. The molecule has 1 heterocycles. The maximum Gasteiger partial charge on any atom is 0.202 e. The van der Waals surface area contributed by atoms with Gasteiger partial charge in [-0.2, -0.15) is 15.8 Å². The summed E-state index contributed by atoms with van der Waals surface area (Å²) in [5.41, 5.74) is 5.68. The summed E-state index contributed by atoms with van der Waals surface area (Å²) in [5.74, 6) is 1.18. The third kappa shape index (κ3) is 1.92. The quantitative estimate of drug-likeness (QED) is 0.842. The van der Waals surface area contributed by atoms with E-state index in [0.29, 0.717) is 11.8 Å². The monoisotopic (exact) mass is 327 g/mol. The average molecular weight is 327 g/mol. The molecule has 2 aliphatic carbocycles. The van der Waals surface area contributed by atoms with Crippen molar-refractivity contribution in [1.82, 2.24) is 0 Å². The third-order valence-electron chi connectivity index (χ3n) is 5.87. The maximum atomic E-state index is 9.94. The number of hydrogen-bond acceptors (Lipinski definition) is 5. The molecule has 0 amide bonds. The van der Waals surface area contributed by atoms with Crippen LogP contribution < -0.4 is 10.6 Å². The van der Waals surface area contributed by atoms with E-state index in [9.17, 15) is 15.8 Å². The molecule has 4 rings (SSSR count). The van der Waals surface area contributed by atoms with Crippen LogP contribution in [0.4, 0.5) is 5.69 Å². The summed E-state index contributed by atoms with van der Waals surface area (Å²) >= 11 is 0. The van der Waals surface area contributed by atoms with Crippen molar-refractivity contribution in [1.29, 1.82) is 15.8 Å². The Morgan fingerprint density at radius 3 is 2.28 bits per heavy atom. The Kier molecular flexibility index (Phi) is 3.31. The van der Waals surface area contributed by atoms with Crippen molar-refractivity contribution in [2.45, 2.75) is 18.9 Å². The molecule has 0 spiro atoms. The molecule has 1 aliphatic heterocycles. The van der Waals surface area contributed by atoms with Gasteiger partial charge in [0.15, 0.2) is 0 Å². The van der Waals surface area contributed by atoms with Crippen molar-refractivity contribution < 1.29 is 0 Å². The Labute approximate surface area is 146 Å². The van der Waals surface area contributed by atoms with Gasteiger partial charge in [0.1, 0.15) is 17.5 Å². The molecule has 2 N–H and O–H groups in total. The number of hydrogen-bond donors (Lipinski definition) is 1. The van der Waals surface area contributed by atoms with Crippen LogP contribution in [0.15, 0.2) is 53.9 Å². The Hall–Kier alpha value is -3.23. The van der Waals surface area contributed by atoms with E-state index in [1.54, 1.807) is 0 Å². The van der Waals surface area contributed by atoms with Gasteiger partial charge in [0.2, 0.25) is 5.41 Å². The Balaban J connectivity index is 1.91. The lowest BCUT2D eigenvalue weighted by Gasteiger charge is -2.38. The summed E-state index contributed by atoms with van der Waals surface area (Å²) in [4.78, 5) is 1.85. The summed E-state index contributed by atoms with van der Waals surface area (Å²) in [5, 5.41) is 29.5. The molecule has 5 heteroatoms. The van der Waals surface area contributed by atoms with Crippen LogP contribution in [0.25, 0.3) is 0 Å². The van der Waals surface area contributed by atoms with Gasteiger partial charge in [-0.1, -0.05) is 30.4 Å². The molecule has 2 bridgehead atoms. The van der Waals surface area contributed by atoms with E-state index in [0.717, 1.165) is 18.5 Å². The fraction of sp³-hybridized carbons (Fsp3) is 0.350. The van der Waals surface area contributed by atoms with E-state index < -0.39 is 11.5 Å². The first-order valence-corrected chi connectivity index (χ1v) is 8.41. The van der Waals surface area contributed by atoms with Crippen LogP contribution >= 0.6 is 0 Å². The Morgan fingerprint density at radius 1 is 1.04 bits per heavy atom. The van der Waals surface area contributed by atoms with Crippen LogP contribution in [0.2, 0.25) is 0 Å². The zero-order valence-electron chi connectivity index (χ0n) is 13.6. The second-order valence-corrected chi connectivity index (χ2v) is 7.00. The first-order chi connectivity index (χ1) is 12.2. The van der Waals surface area contributed by atoms with Gasteiger partial charge in [-0.25, -0.2) is 0 Å². The lowest BCUT2D eigenvalue weighted by molar-refractivity contribution is 0.302. The van der Waals surface area contributed by atoms with E-state index >= 15 is 0 Å². The summed E-state index contributed by atoms with van der Waals surface area (Å²) in [7, 11) is 0. The first-order valence-electron chi connectivity index (χ1n) is 8.41. The van der Waals surface area contributed by atoms with Crippen molar-refractivity contribution in [3.05, 3.63) is 53.9 Å². The number of benzene rings is 1. The molecule has 25 heavy (non-hydrogen) atoms. The first kappa shape index (κ1) is 15.3. The van der Waals surface area contributed by atoms with Crippen LogP contribution in [-0.4, -0.2) is 6.04 Å². The largest absolute Gasteiger partial charge is 0.384 e. The molecule has 1 saturated carbocycles. The van der Waals surface area contributed by atoms with E-state index in [1.165, 1.54) is 0 Å². The molecule has 122 valence electrons. The Bertz CT molecular complexity index is 879. The predicted molar refractivity (Wildman–Crippen MR) is 92.0 cm³/mol.